The molecular formula is C14H24N4O8. The normalized spacial score (nSPS) is 16.3. The molecule has 0 aromatic carbocycles. The Kier molecular flexibility index (Phi) is 9.22. The van der Waals surface area contributed by atoms with Crippen LogP contribution >= 0.6 is 0 Å². The van der Waals surface area contributed by atoms with Gasteiger partial charge in [0.05, 0.1) is 12.5 Å². The molecule has 0 aromatic rings. The number of hydrogen-bond acceptors (Lipinski definition) is 7. The SMILES string of the molecule is C[C@H](NC(=O)[C@H](C)NC(=O)[C@@H](N)[C@@H](C)O)C(=O)N[C@@H](CC(=O)O)C(=O)O. The highest BCUT2D eigenvalue weighted by molar-refractivity contribution is 5.94. The Hall–Kier alpha value is -2.73. The van der Waals surface area contributed by atoms with Crippen molar-refractivity contribution in [3.63, 3.8) is 0 Å². The fraction of sp³-hybridized carbons (Fsp3) is 0.643. The van der Waals surface area contributed by atoms with Crippen molar-refractivity contribution >= 4 is 29.7 Å². The van der Waals surface area contributed by atoms with Crippen LogP contribution in [0.1, 0.15) is 27.2 Å². The Morgan fingerprint density at radius 2 is 1.27 bits per heavy atom. The smallest absolute Gasteiger partial charge is 0.326 e. The molecule has 0 saturated heterocycles. The van der Waals surface area contributed by atoms with Crippen LogP contribution in [0.2, 0.25) is 0 Å². The second kappa shape index (κ2) is 10.3. The molecule has 148 valence electrons. The van der Waals surface area contributed by atoms with E-state index in [1.54, 1.807) is 0 Å². The minimum Gasteiger partial charge on any atom is -0.481 e. The van der Waals surface area contributed by atoms with Crippen molar-refractivity contribution in [1.29, 1.82) is 0 Å². The summed E-state index contributed by atoms with van der Waals surface area (Å²) in [5.74, 6) is -5.39. The van der Waals surface area contributed by atoms with Gasteiger partial charge in [0.25, 0.3) is 0 Å². The van der Waals surface area contributed by atoms with E-state index in [0.717, 1.165) is 0 Å². The number of hydrogen-bond donors (Lipinski definition) is 7. The number of aliphatic hydroxyl groups is 1. The number of amides is 3. The first-order chi connectivity index (χ1) is 11.9. The van der Waals surface area contributed by atoms with E-state index < -0.39 is 66.4 Å². The maximum absolute atomic E-state index is 12.0. The molecule has 0 rings (SSSR count). The van der Waals surface area contributed by atoms with Crippen LogP contribution in [0, 0.1) is 0 Å². The summed E-state index contributed by atoms with van der Waals surface area (Å²) in [5.41, 5.74) is 5.42. The molecule has 0 aromatic heterocycles. The lowest BCUT2D eigenvalue weighted by atomic mass is 10.1. The van der Waals surface area contributed by atoms with Crippen LogP contribution in [-0.2, 0) is 24.0 Å². The summed E-state index contributed by atoms with van der Waals surface area (Å²) in [7, 11) is 0. The highest BCUT2D eigenvalue weighted by Crippen LogP contribution is 1.96. The molecular weight excluding hydrogens is 352 g/mol. The summed E-state index contributed by atoms with van der Waals surface area (Å²) in [5, 5.41) is 33.2. The maximum Gasteiger partial charge on any atom is 0.326 e. The molecule has 12 heteroatoms. The number of aliphatic carboxylic acids is 2. The van der Waals surface area contributed by atoms with Gasteiger partial charge in [0, 0.05) is 0 Å². The lowest BCUT2D eigenvalue weighted by Crippen LogP contribution is -2.56. The lowest BCUT2D eigenvalue weighted by molar-refractivity contribution is -0.147. The summed E-state index contributed by atoms with van der Waals surface area (Å²) in [6, 6.07) is -5.17. The Balaban J connectivity index is 4.68. The van der Waals surface area contributed by atoms with Crippen molar-refractivity contribution in [3.05, 3.63) is 0 Å². The zero-order chi connectivity index (χ0) is 20.6. The van der Waals surface area contributed by atoms with Gasteiger partial charge in [0.15, 0.2) is 0 Å². The van der Waals surface area contributed by atoms with Crippen molar-refractivity contribution in [1.82, 2.24) is 16.0 Å². The first-order valence-corrected chi connectivity index (χ1v) is 7.66. The first-order valence-electron chi connectivity index (χ1n) is 7.66. The Morgan fingerprint density at radius 3 is 1.65 bits per heavy atom. The topological polar surface area (TPSA) is 208 Å². The van der Waals surface area contributed by atoms with Gasteiger partial charge in [-0.15, -0.1) is 0 Å². The molecule has 12 nitrogen and oxygen atoms in total. The van der Waals surface area contributed by atoms with Crippen LogP contribution in [0.25, 0.3) is 0 Å². The van der Waals surface area contributed by atoms with Crippen molar-refractivity contribution in [2.24, 2.45) is 5.73 Å². The fourth-order valence-electron chi connectivity index (χ4n) is 1.67. The predicted molar refractivity (Wildman–Crippen MR) is 86.7 cm³/mol. The summed E-state index contributed by atoms with van der Waals surface area (Å²) >= 11 is 0. The van der Waals surface area contributed by atoms with E-state index in [-0.39, 0.29) is 0 Å². The average molecular weight is 376 g/mol. The van der Waals surface area contributed by atoms with Crippen molar-refractivity contribution < 1.29 is 39.3 Å². The monoisotopic (exact) mass is 376 g/mol. The summed E-state index contributed by atoms with van der Waals surface area (Å²) in [6.45, 7) is 3.87. The van der Waals surface area contributed by atoms with Crippen molar-refractivity contribution in [3.8, 4) is 0 Å². The van der Waals surface area contributed by atoms with Crippen LogP contribution in [0.3, 0.4) is 0 Å². The highest BCUT2D eigenvalue weighted by Gasteiger charge is 2.28. The lowest BCUT2D eigenvalue weighted by Gasteiger charge is -2.21. The maximum atomic E-state index is 12.0. The van der Waals surface area contributed by atoms with E-state index in [9.17, 15) is 29.1 Å². The van der Waals surface area contributed by atoms with Gasteiger partial charge in [-0.2, -0.15) is 0 Å². The van der Waals surface area contributed by atoms with Crippen molar-refractivity contribution in [2.45, 2.75) is 57.5 Å². The number of carbonyl (C=O) groups excluding carboxylic acids is 3. The number of carboxylic acids is 2. The first kappa shape index (κ1) is 23.3. The van der Waals surface area contributed by atoms with Gasteiger partial charge in [-0.3, -0.25) is 19.2 Å². The molecule has 3 amide bonds. The zero-order valence-corrected chi connectivity index (χ0v) is 14.6. The second-order valence-electron chi connectivity index (χ2n) is 5.72. The second-order valence-corrected chi connectivity index (χ2v) is 5.72. The van der Waals surface area contributed by atoms with Crippen LogP contribution in [0.4, 0.5) is 0 Å². The van der Waals surface area contributed by atoms with E-state index in [0.29, 0.717) is 0 Å². The van der Waals surface area contributed by atoms with E-state index in [2.05, 4.69) is 10.6 Å². The quantitative estimate of drug-likeness (QED) is 0.204. The summed E-state index contributed by atoms with van der Waals surface area (Å²) < 4.78 is 0. The number of nitrogens with two attached hydrogens (primary N) is 1. The molecule has 0 aliphatic heterocycles. The summed E-state index contributed by atoms with van der Waals surface area (Å²) in [6.07, 6.45) is -1.96. The van der Waals surface area contributed by atoms with Crippen molar-refractivity contribution in [2.75, 3.05) is 0 Å². The molecule has 0 unspecified atom stereocenters. The van der Waals surface area contributed by atoms with Gasteiger partial charge in [0.2, 0.25) is 17.7 Å². The number of nitrogens with one attached hydrogen (secondary N) is 3. The molecule has 0 saturated carbocycles. The zero-order valence-electron chi connectivity index (χ0n) is 14.6. The van der Waals surface area contributed by atoms with Gasteiger partial charge in [-0.25, -0.2) is 4.79 Å². The number of carboxylic acid groups (broad SMARTS) is 2. The average Bonchev–Trinajstić information content (AvgIpc) is 2.52. The van der Waals surface area contributed by atoms with Gasteiger partial charge in [0.1, 0.15) is 24.2 Å². The van der Waals surface area contributed by atoms with E-state index in [4.69, 9.17) is 15.9 Å². The molecule has 0 aliphatic rings. The van der Waals surface area contributed by atoms with E-state index in [1.165, 1.54) is 20.8 Å². The molecule has 0 fully saturated rings. The predicted octanol–water partition coefficient (Wildman–Crippen LogP) is -3.25. The summed E-state index contributed by atoms with van der Waals surface area (Å²) in [4.78, 5) is 57.0. The molecule has 0 bridgehead atoms. The third-order valence-corrected chi connectivity index (χ3v) is 3.32. The molecule has 0 heterocycles. The number of carbonyl (C=O) groups is 5. The molecule has 0 aliphatic carbocycles. The van der Waals surface area contributed by atoms with Crippen LogP contribution < -0.4 is 21.7 Å². The van der Waals surface area contributed by atoms with Crippen LogP contribution in [-0.4, -0.2) is 75.3 Å². The molecule has 0 spiro atoms. The Labute approximate surface area is 149 Å². The Bertz CT molecular complexity index is 565. The fourth-order valence-corrected chi connectivity index (χ4v) is 1.67. The molecule has 8 N–H and O–H groups in total. The Morgan fingerprint density at radius 1 is 0.846 bits per heavy atom. The third kappa shape index (κ3) is 7.90. The van der Waals surface area contributed by atoms with Gasteiger partial charge in [-0.1, -0.05) is 0 Å². The molecule has 0 radical (unpaired) electrons. The highest BCUT2D eigenvalue weighted by atomic mass is 16.4. The van der Waals surface area contributed by atoms with Crippen LogP contribution in [0.15, 0.2) is 0 Å². The number of aliphatic hydroxyl groups excluding tert-OH is 1. The molecule has 26 heavy (non-hydrogen) atoms. The van der Waals surface area contributed by atoms with Gasteiger partial charge < -0.3 is 37.0 Å². The van der Waals surface area contributed by atoms with E-state index >= 15 is 0 Å². The van der Waals surface area contributed by atoms with Gasteiger partial charge >= 0.3 is 11.9 Å². The standard InChI is InChI=1S/C14H24N4O8/c1-5(17-13(24)10(15)7(3)19)11(22)16-6(2)12(23)18-8(14(25)26)4-9(20)21/h5-8,10,19H,4,15H2,1-3H3,(H,16,22)(H,17,24)(H,18,23)(H,20,21)(H,25,26)/t5-,6-,7+,8-,10-/m0/s1. The van der Waals surface area contributed by atoms with Crippen LogP contribution in [0.5, 0.6) is 0 Å². The third-order valence-electron chi connectivity index (χ3n) is 3.32. The number of rotatable bonds is 10. The van der Waals surface area contributed by atoms with Gasteiger partial charge in [-0.05, 0) is 20.8 Å². The van der Waals surface area contributed by atoms with E-state index in [1.807, 2.05) is 5.32 Å². The minimum absolute atomic E-state index is 0.760. The molecule has 5 atom stereocenters. The minimum atomic E-state index is -1.65. The largest absolute Gasteiger partial charge is 0.481 e.